The molecule has 2 heterocycles. The molecule has 4 atom stereocenters. The van der Waals surface area contributed by atoms with Crippen molar-refractivity contribution in [3.05, 3.63) is 24.3 Å². The van der Waals surface area contributed by atoms with Crippen LogP contribution < -0.4 is 36.6 Å². The number of anilines is 1. The Labute approximate surface area is 161 Å². The number of rotatable bonds is 7. The number of methoxy groups -OCH3 is 1. The van der Waals surface area contributed by atoms with E-state index in [1.807, 2.05) is 24.3 Å². The molecule has 8 nitrogen and oxygen atoms in total. The highest BCUT2D eigenvalue weighted by Gasteiger charge is 2.26. The smallest absolute Gasteiger partial charge is 0.321 e. The predicted octanol–water partition coefficient (Wildman–Crippen LogP) is 1.13. The second-order valence-corrected chi connectivity index (χ2v) is 7.32. The fourth-order valence-electron chi connectivity index (χ4n) is 3.66. The van der Waals surface area contributed by atoms with E-state index in [1.54, 1.807) is 7.11 Å². The van der Waals surface area contributed by atoms with Crippen molar-refractivity contribution in [1.29, 1.82) is 0 Å². The molecule has 2 aliphatic rings. The van der Waals surface area contributed by atoms with Crippen molar-refractivity contribution in [2.75, 3.05) is 25.5 Å². The first-order valence-corrected chi connectivity index (χ1v) is 9.83. The molecular weight excluding hydrogens is 344 g/mol. The Balaban J connectivity index is 1.41. The van der Waals surface area contributed by atoms with E-state index in [4.69, 9.17) is 4.74 Å². The summed E-state index contributed by atoms with van der Waals surface area (Å²) in [5.74, 6) is 0.757. The van der Waals surface area contributed by atoms with E-state index in [9.17, 15) is 4.79 Å². The molecule has 2 saturated heterocycles. The second-order valence-electron chi connectivity index (χ2n) is 7.32. The number of amides is 2. The molecule has 27 heavy (non-hydrogen) atoms. The molecule has 6 N–H and O–H groups in total. The topological polar surface area (TPSA) is 98.5 Å². The fraction of sp³-hybridized carbons (Fsp3) is 0.632. The van der Waals surface area contributed by atoms with E-state index in [-0.39, 0.29) is 18.5 Å². The predicted molar refractivity (Wildman–Crippen MR) is 107 cm³/mol. The van der Waals surface area contributed by atoms with Crippen LogP contribution in [0.15, 0.2) is 24.3 Å². The highest BCUT2D eigenvalue weighted by molar-refractivity contribution is 5.89. The lowest BCUT2D eigenvalue weighted by atomic mass is 10.1. The molecule has 2 aliphatic heterocycles. The average molecular weight is 377 g/mol. The molecule has 150 valence electrons. The van der Waals surface area contributed by atoms with Gasteiger partial charge >= 0.3 is 6.03 Å². The number of ether oxygens (including phenoxy) is 1. The standard InChI is InChI=1S/C19H32N6O2/c1-13-12-17(21-11-9-14-4-3-10-20-14)24-18(22-13)25-19(26)23-15-5-7-16(27-2)8-6-15/h5-8,13-14,17-18,20-22,24H,3-4,9-12H2,1-2H3,(H2,23,25,26). The fourth-order valence-corrected chi connectivity index (χ4v) is 3.66. The van der Waals surface area contributed by atoms with E-state index < -0.39 is 0 Å². The van der Waals surface area contributed by atoms with Crippen LogP contribution in [-0.4, -0.2) is 50.8 Å². The maximum absolute atomic E-state index is 12.3. The molecule has 8 heteroatoms. The Morgan fingerprint density at radius 3 is 2.78 bits per heavy atom. The lowest BCUT2D eigenvalue weighted by Gasteiger charge is -2.37. The van der Waals surface area contributed by atoms with Gasteiger partial charge in [-0.3, -0.25) is 10.6 Å². The van der Waals surface area contributed by atoms with Crippen LogP contribution in [0, 0.1) is 0 Å². The van der Waals surface area contributed by atoms with Crippen molar-refractivity contribution >= 4 is 11.7 Å². The van der Waals surface area contributed by atoms with Crippen LogP contribution >= 0.6 is 0 Å². The minimum atomic E-state index is -0.283. The van der Waals surface area contributed by atoms with Gasteiger partial charge in [-0.2, -0.15) is 0 Å². The van der Waals surface area contributed by atoms with Crippen molar-refractivity contribution in [1.82, 2.24) is 26.6 Å². The summed E-state index contributed by atoms with van der Waals surface area (Å²) in [7, 11) is 1.62. The van der Waals surface area contributed by atoms with Gasteiger partial charge in [0, 0.05) is 17.8 Å². The minimum absolute atomic E-state index is 0.175. The van der Waals surface area contributed by atoms with Crippen molar-refractivity contribution in [2.45, 2.75) is 57.1 Å². The van der Waals surface area contributed by atoms with E-state index >= 15 is 0 Å². The summed E-state index contributed by atoms with van der Waals surface area (Å²) < 4.78 is 5.12. The molecule has 0 saturated carbocycles. The molecule has 4 unspecified atom stereocenters. The van der Waals surface area contributed by atoms with Crippen molar-refractivity contribution < 1.29 is 9.53 Å². The normalized spacial score (nSPS) is 27.9. The van der Waals surface area contributed by atoms with Crippen molar-refractivity contribution in [2.24, 2.45) is 0 Å². The number of hydrogen-bond acceptors (Lipinski definition) is 6. The molecule has 1 aromatic rings. The van der Waals surface area contributed by atoms with Gasteiger partial charge in [0.2, 0.25) is 0 Å². The third kappa shape index (κ3) is 6.35. The summed E-state index contributed by atoms with van der Waals surface area (Å²) >= 11 is 0. The van der Waals surface area contributed by atoms with Crippen LogP contribution in [0.3, 0.4) is 0 Å². The summed E-state index contributed by atoms with van der Waals surface area (Å²) in [4.78, 5) is 12.3. The van der Waals surface area contributed by atoms with Gasteiger partial charge in [0.25, 0.3) is 0 Å². The molecule has 0 bridgehead atoms. The van der Waals surface area contributed by atoms with E-state index in [0.717, 1.165) is 37.4 Å². The molecule has 0 radical (unpaired) electrons. The molecule has 2 amide bonds. The van der Waals surface area contributed by atoms with Crippen LogP contribution in [0.25, 0.3) is 0 Å². The highest BCUT2D eigenvalue weighted by atomic mass is 16.5. The quantitative estimate of drug-likeness (QED) is 0.427. The largest absolute Gasteiger partial charge is 0.497 e. The van der Waals surface area contributed by atoms with Crippen molar-refractivity contribution in [3.8, 4) is 5.75 Å². The van der Waals surface area contributed by atoms with Gasteiger partial charge < -0.3 is 26.0 Å². The average Bonchev–Trinajstić information content (AvgIpc) is 3.15. The lowest BCUT2D eigenvalue weighted by molar-refractivity contribution is 0.193. The van der Waals surface area contributed by atoms with E-state index in [0.29, 0.717) is 12.1 Å². The van der Waals surface area contributed by atoms with Gasteiger partial charge in [-0.05, 0) is 70.0 Å². The number of carbonyl (C=O) groups excluding carboxylic acids is 1. The number of nitrogens with one attached hydrogen (secondary N) is 6. The molecule has 0 aliphatic carbocycles. The zero-order valence-corrected chi connectivity index (χ0v) is 16.2. The Bertz CT molecular complexity index is 590. The number of urea groups is 1. The first-order valence-electron chi connectivity index (χ1n) is 9.83. The Hall–Kier alpha value is -1.87. The highest BCUT2D eigenvalue weighted by Crippen LogP contribution is 2.15. The van der Waals surface area contributed by atoms with Gasteiger partial charge in [0.1, 0.15) is 12.0 Å². The summed E-state index contributed by atoms with van der Waals surface area (Å²) in [6.07, 6.45) is 4.55. The summed E-state index contributed by atoms with van der Waals surface area (Å²) in [5.41, 5.74) is 0.718. The maximum atomic E-state index is 12.3. The second kappa shape index (κ2) is 9.89. The molecule has 3 rings (SSSR count). The third-order valence-corrected chi connectivity index (χ3v) is 5.08. The minimum Gasteiger partial charge on any atom is -0.497 e. The SMILES string of the molecule is COc1ccc(NC(=O)NC2NC(C)CC(NCCC3CCCN3)N2)cc1. The zero-order chi connectivity index (χ0) is 19.1. The number of hydrogen-bond donors (Lipinski definition) is 6. The maximum Gasteiger partial charge on any atom is 0.321 e. The molecule has 2 fully saturated rings. The van der Waals surface area contributed by atoms with E-state index in [2.05, 4.69) is 38.8 Å². The molecule has 0 spiro atoms. The van der Waals surface area contributed by atoms with Gasteiger partial charge in [0.15, 0.2) is 0 Å². The first-order chi connectivity index (χ1) is 13.1. The third-order valence-electron chi connectivity index (χ3n) is 5.08. The van der Waals surface area contributed by atoms with Crippen LogP contribution in [0.1, 0.15) is 32.6 Å². The van der Waals surface area contributed by atoms with Gasteiger partial charge in [-0.15, -0.1) is 0 Å². The molecule has 0 aromatic heterocycles. The Kier molecular flexibility index (Phi) is 7.28. The van der Waals surface area contributed by atoms with Crippen LogP contribution in [-0.2, 0) is 0 Å². The van der Waals surface area contributed by atoms with Crippen LogP contribution in [0.4, 0.5) is 10.5 Å². The zero-order valence-electron chi connectivity index (χ0n) is 16.2. The monoisotopic (exact) mass is 376 g/mol. The summed E-state index contributed by atoms with van der Waals surface area (Å²) in [6, 6.07) is 7.93. The number of carbonyl (C=O) groups is 1. The van der Waals surface area contributed by atoms with Gasteiger partial charge in [0.05, 0.1) is 13.3 Å². The van der Waals surface area contributed by atoms with Crippen LogP contribution in [0.2, 0.25) is 0 Å². The summed E-state index contributed by atoms with van der Waals surface area (Å²) in [6.45, 7) is 4.24. The van der Waals surface area contributed by atoms with E-state index in [1.165, 1.54) is 12.8 Å². The van der Waals surface area contributed by atoms with Crippen LogP contribution in [0.5, 0.6) is 5.75 Å². The number of benzene rings is 1. The first kappa shape index (κ1) is 19.9. The van der Waals surface area contributed by atoms with Gasteiger partial charge in [-0.1, -0.05) is 0 Å². The molecular formula is C19H32N6O2. The van der Waals surface area contributed by atoms with Gasteiger partial charge in [-0.25, -0.2) is 4.79 Å². The Morgan fingerprint density at radius 2 is 2.07 bits per heavy atom. The lowest BCUT2D eigenvalue weighted by Crippen LogP contribution is -2.67. The summed E-state index contributed by atoms with van der Waals surface area (Å²) in [5, 5.41) is 19.6. The molecule has 1 aromatic carbocycles. The Morgan fingerprint density at radius 1 is 1.26 bits per heavy atom. The van der Waals surface area contributed by atoms with Crippen molar-refractivity contribution in [3.63, 3.8) is 0 Å².